The Balaban J connectivity index is 2.96. The summed E-state index contributed by atoms with van der Waals surface area (Å²) in [7, 11) is 0. The fourth-order valence-corrected chi connectivity index (χ4v) is 3.05. The van der Waals surface area contributed by atoms with Crippen LogP contribution in [0.4, 0.5) is 0 Å². The second-order valence-electron chi connectivity index (χ2n) is 5.89. The van der Waals surface area contributed by atoms with E-state index in [2.05, 4.69) is 12.2 Å². The molecular weight excluding hydrogens is 256 g/mol. The summed E-state index contributed by atoms with van der Waals surface area (Å²) in [5.74, 6) is -0.919. The number of nitrogens with zero attached hydrogens (tertiary/aromatic N) is 1. The van der Waals surface area contributed by atoms with Crippen LogP contribution in [0.25, 0.3) is 0 Å². The minimum Gasteiger partial charge on any atom is -0.480 e. The van der Waals surface area contributed by atoms with Gasteiger partial charge < -0.3 is 15.3 Å². The number of rotatable bonds is 7. The molecule has 1 heterocycles. The number of piperidine rings is 1. The molecule has 5 nitrogen and oxygen atoms in total. The number of amides is 1. The first-order valence-corrected chi connectivity index (χ1v) is 7.70. The molecule has 0 spiro atoms. The predicted octanol–water partition coefficient (Wildman–Crippen LogP) is 1.87. The lowest BCUT2D eigenvalue weighted by Gasteiger charge is -2.41. The van der Waals surface area contributed by atoms with Crippen LogP contribution >= 0.6 is 0 Å². The third kappa shape index (κ3) is 3.95. The predicted molar refractivity (Wildman–Crippen MR) is 78.5 cm³/mol. The molecule has 2 unspecified atom stereocenters. The van der Waals surface area contributed by atoms with E-state index in [0.717, 1.165) is 38.6 Å². The van der Waals surface area contributed by atoms with E-state index in [1.807, 2.05) is 13.8 Å². The van der Waals surface area contributed by atoms with E-state index < -0.39 is 11.4 Å². The number of nitrogens with one attached hydrogen (secondary N) is 1. The summed E-state index contributed by atoms with van der Waals surface area (Å²) in [5.41, 5.74) is -0.411. The van der Waals surface area contributed by atoms with Crippen LogP contribution in [0.1, 0.15) is 52.9 Å². The maximum Gasteiger partial charge on any atom is 0.323 e. The molecule has 0 bridgehead atoms. The Morgan fingerprint density at radius 3 is 2.55 bits per heavy atom. The molecule has 5 heteroatoms. The standard InChI is InChI=1S/C15H28N2O3/c1-4-7-15(8-6-9-16-11-15)14(20)17(10-13(18)19)12(3)5-2/h12,16H,4-11H2,1-3H3,(H,18,19). The molecule has 2 N–H and O–H groups in total. The van der Waals surface area contributed by atoms with E-state index in [4.69, 9.17) is 5.11 Å². The van der Waals surface area contributed by atoms with Crippen LogP contribution in [0.15, 0.2) is 0 Å². The molecule has 1 aliphatic heterocycles. The molecule has 1 amide bonds. The van der Waals surface area contributed by atoms with E-state index >= 15 is 0 Å². The highest BCUT2D eigenvalue weighted by Gasteiger charge is 2.42. The summed E-state index contributed by atoms with van der Waals surface area (Å²) in [6.07, 6.45) is 4.38. The van der Waals surface area contributed by atoms with E-state index in [0.29, 0.717) is 6.54 Å². The third-order valence-corrected chi connectivity index (χ3v) is 4.34. The van der Waals surface area contributed by atoms with Crippen molar-refractivity contribution in [1.82, 2.24) is 10.2 Å². The summed E-state index contributed by atoms with van der Waals surface area (Å²) in [6.45, 7) is 7.41. The van der Waals surface area contributed by atoms with Crippen molar-refractivity contribution >= 4 is 11.9 Å². The highest BCUT2D eigenvalue weighted by Crippen LogP contribution is 2.34. The Morgan fingerprint density at radius 1 is 1.40 bits per heavy atom. The normalized spacial score (nSPS) is 24.1. The van der Waals surface area contributed by atoms with Gasteiger partial charge in [0.1, 0.15) is 6.54 Å². The van der Waals surface area contributed by atoms with Crippen LogP contribution < -0.4 is 5.32 Å². The maximum absolute atomic E-state index is 13.0. The van der Waals surface area contributed by atoms with Crippen LogP contribution in [-0.2, 0) is 9.59 Å². The van der Waals surface area contributed by atoms with Crippen molar-refractivity contribution in [2.24, 2.45) is 5.41 Å². The van der Waals surface area contributed by atoms with Gasteiger partial charge >= 0.3 is 5.97 Å². The quantitative estimate of drug-likeness (QED) is 0.749. The van der Waals surface area contributed by atoms with Gasteiger partial charge in [0.15, 0.2) is 0 Å². The molecule has 20 heavy (non-hydrogen) atoms. The summed E-state index contributed by atoms with van der Waals surface area (Å²) in [4.78, 5) is 25.6. The second-order valence-corrected chi connectivity index (χ2v) is 5.89. The van der Waals surface area contributed by atoms with Crippen molar-refractivity contribution in [2.45, 2.75) is 58.9 Å². The first-order chi connectivity index (χ1) is 9.46. The number of carbonyl (C=O) groups is 2. The van der Waals surface area contributed by atoms with E-state index in [1.165, 1.54) is 0 Å². The van der Waals surface area contributed by atoms with Gasteiger partial charge in [0.2, 0.25) is 5.91 Å². The molecule has 0 aromatic heterocycles. The Kier molecular flexibility index (Phi) is 6.46. The minimum absolute atomic E-state index is 0.0169. The molecule has 1 rings (SSSR count). The van der Waals surface area contributed by atoms with Gasteiger partial charge in [-0.1, -0.05) is 20.3 Å². The summed E-state index contributed by atoms with van der Waals surface area (Å²) < 4.78 is 0. The first kappa shape index (κ1) is 17.0. The van der Waals surface area contributed by atoms with Gasteiger partial charge in [-0.05, 0) is 39.2 Å². The molecule has 0 saturated carbocycles. The topological polar surface area (TPSA) is 69.6 Å². The molecule has 0 aromatic carbocycles. The van der Waals surface area contributed by atoms with Gasteiger partial charge in [0, 0.05) is 12.6 Å². The summed E-state index contributed by atoms with van der Waals surface area (Å²) >= 11 is 0. The van der Waals surface area contributed by atoms with Crippen LogP contribution in [-0.4, -0.2) is 47.6 Å². The van der Waals surface area contributed by atoms with E-state index in [1.54, 1.807) is 4.90 Å². The number of hydrogen-bond acceptors (Lipinski definition) is 3. The Labute approximate surface area is 121 Å². The highest BCUT2D eigenvalue weighted by atomic mass is 16.4. The maximum atomic E-state index is 13.0. The third-order valence-electron chi connectivity index (χ3n) is 4.34. The summed E-state index contributed by atoms with van der Waals surface area (Å²) in [6, 6.07) is -0.0331. The average molecular weight is 284 g/mol. The highest BCUT2D eigenvalue weighted by molar-refractivity contribution is 5.86. The number of carboxylic acids is 1. The Morgan fingerprint density at radius 2 is 2.10 bits per heavy atom. The van der Waals surface area contributed by atoms with E-state index in [9.17, 15) is 9.59 Å². The molecule has 0 aromatic rings. The van der Waals surface area contributed by atoms with Gasteiger partial charge in [-0.3, -0.25) is 9.59 Å². The van der Waals surface area contributed by atoms with E-state index in [-0.39, 0.29) is 18.5 Å². The minimum atomic E-state index is -0.936. The number of carbonyl (C=O) groups excluding carboxylic acids is 1. The summed E-state index contributed by atoms with van der Waals surface area (Å²) in [5, 5.41) is 12.4. The molecule has 1 fully saturated rings. The van der Waals surface area contributed by atoms with Crippen molar-refractivity contribution in [3.05, 3.63) is 0 Å². The van der Waals surface area contributed by atoms with Crippen molar-refractivity contribution < 1.29 is 14.7 Å². The van der Waals surface area contributed by atoms with Gasteiger partial charge in [-0.25, -0.2) is 0 Å². The van der Waals surface area contributed by atoms with Gasteiger partial charge in [-0.2, -0.15) is 0 Å². The smallest absolute Gasteiger partial charge is 0.323 e. The SMILES string of the molecule is CCCC1(C(=O)N(CC(=O)O)C(C)CC)CCCNC1. The largest absolute Gasteiger partial charge is 0.480 e. The van der Waals surface area contributed by atoms with Gasteiger partial charge in [0.25, 0.3) is 0 Å². The fourth-order valence-electron chi connectivity index (χ4n) is 3.05. The second kappa shape index (κ2) is 7.62. The van der Waals surface area contributed by atoms with Crippen molar-refractivity contribution in [3.8, 4) is 0 Å². The van der Waals surface area contributed by atoms with Crippen LogP contribution in [0.3, 0.4) is 0 Å². The zero-order chi connectivity index (χ0) is 15.2. The van der Waals surface area contributed by atoms with Gasteiger partial charge in [-0.15, -0.1) is 0 Å². The van der Waals surface area contributed by atoms with Crippen LogP contribution in [0.5, 0.6) is 0 Å². The van der Waals surface area contributed by atoms with Crippen LogP contribution in [0.2, 0.25) is 0 Å². The molecule has 1 saturated heterocycles. The van der Waals surface area contributed by atoms with Crippen molar-refractivity contribution in [3.63, 3.8) is 0 Å². The molecule has 0 radical (unpaired) electrons. The molecule has 0 aliphatic carbocycles. The molecular formula is C15H28N2O3. The lowest BCUT2D eigenvalue weighted by molar-refractivity contribution is -0.153. The monoisotopic (exact) mass is 284 g/mol. The Hall–Kier alpha value is -1.10. The van der Waals surface area contributed by atoms with Crippen molar-refractivity contribution in [2.75, 3.05) is 19.6 Å². The zero-order valence-corrected chi connectivity index (χ0v) is 12.9. The zero-order valence-electron chi connectivity index (χ0n) is 12.9. The Bertz CT molecular complexity index is 333. The molecule has 1 aliphatic rings. The lowest BCUT2D eigenvalue weighted by Crippen LogP contribution is -2.55. The average Bonchev–Trinajstić information content (AvgIpc) is 2.44. The van der Waals surface area contributed by atoms with Crippen LogP contribution in [0, 0.1) is 5.41 Å². The number of aliphatic carboxylic acids is 1. The number of hydrogen-bond donors (Lipinski definition) is 2. The van der Waals surface area contributed by atoms with Crippen molar-refractivity contribution in [1.29, 1.82) is 0 Å². The van der Waals surface area contributed by atoms with Gasteiger partial charge in [0.05, 0.1) is 5.41 Å². The molecule has 116 valence electrons. The lowest BCUT2D eigenvalue weighted by atomic mass is 9.75. The number of carboxylic acid groups (broad SMARTS) is 1. The molecule has 2 atom stereocenters. The first-order valence-electron chi connectivity index (χ1n) is 7.70. The fraction of sp³-hybridized carbons (Fsp3) is 0.867.